The Hall–Kier alpha value is -1.36. The van der Waals surface area contributed by atoms with Gasteiger partial charge in [-0.15, -0.1) is 0 Å². The third kappa shape index (κ3) is 1.13. The van der Waals surface area contributed by atoms with Crippen molar-refractivity contribution in [1.82, 2.24) is 5.16 Å². The van der Waals surface area contributed by atoms with Gasteiger partial charge < -0.3 is 14.7 Å². The van der Waals surface area contributed by atoms with Gasteiger partial charge in [0.05, 0.1) is 11.8 Å². The monoisotopic (exact) mass is 197 g/mol. The van der Waals surface area contributed by atoms with Crippen molar-refractivity contribution in [1.29, 1.82) is 0 Å². The van der Waals surface area contributed by atoms with Gasteiger partial charge in [0.1, 0.15) is 5.41 Å². The van der Waals surface area contributed by atoms with Crippen molar-refractivity contribution in [3.63, 3.8) is 0 Å². The molecular weight excluding hydrogens is 186 g/mol. The van der Waals surface area contributed by atoms with Crippen molar-refractivity contribution in [2.24, 2.45) is 0 Å². The molecule has 2 rings (SSSR count). The standard InChI is InChI=1S/C9H11NO4/c1-5-2-7(14-10-5)9(8(12)13)3-6(11)4-9/h2,6,11H,3-4H2,1H3,(H,12,13). The highest BCUT2D eigenvalue weighted by Crippen LogP contribution is 2.44. The van der Waals surface area contributed by atoms with E-state index in [9.17, 15) is 9.90 Å². The minimum absolute atomic E-state index is 0.205. The van der Waals surface area contributed by atoms with Crippen molar-refractivity contribution in [3.8, 4) is 0 Å². The zero-order valence-corrected chi connectivity index (χ0v) is 7.73. The maximum absolute atomic E-state index is 11.1. The Balaban J connectivity index is 2.34. The summed E-state index contributed by atoms with van der Waals surface area (Å²) in [7, 11) is 0. The lowest BCUT2D eigenvalue weighted by molar-refractivity contribution is -0.154. The zero-order chi connectivity index (χ0) is 10.3. The fraction of sp³-hybridized carbons (Fsp3) is 0.556. The number of carboxylic acids is 1. The summed E-state index contributed by atoms with van der Waals surface area (Å²) in [6.45, 7) is 1.73. The fourth-order valence-corrected chi connectivity index (χ4v) is 1.81. The summed E-state index contributed by atoms with van der Waals surface area (Å²) in [5.74, 6) is -0.619. The van der Waals surface area contributed by atoms with E-state index >= 15 is 0 Å². The number of aryl methyl sites for hydroxylation is 1. The number of rotatable bonds is 2. The SMILES string of the molecule is Cc1cc(C2(C(=O)O)CC(O)C2)on1. The van der Waals surface area contributed by atoms with Gasteiger partial charge in [0.15, 0.2) is 5.76 Å². The molecule has 1 aromatic heterocycles. The molecule has 0 amide bonds. The number of aliphatic hydroxyl groups excluding tert-OH is 1. The van der Waals surface area contributed by atoms with E-state index in [0.29, 0.717) is 11.5 Å². The van der Waals surface area contributed by atoms with E-state index in [1.54, 1.807) is 13.0 Å². The lowest BCUT2D eigenvalue weighted by atomic mass is 9.65. The Labute approximate surface area is 80.3 Å². The van der Waals surface area contributed by atoms with E-state index in [4.69, 9.17) is 9.63 Å². The second kappa shape index (κ2) is 2.81. The first-order chi connectivity index (χ1) is 6.54. The van der Waals surface area contributed by atoms with Crippen molar-refractivity contribution in [2.45, 2.75) is 31.3 Å². The maximum atomic E-state index is 11.1. The maximum Gasteiger partial charge on any atom is 0.317 e. The van der Waals surface area contributed by atoms with Crippen LogP contribution in [-0.4, -0.2) is 27.4 Å². The molecule has 0 saturated heterocycles. The van der Waals surface area contributed by atoms with Gasteiger partial charge in [-0.1, -0.05) is 5.16 Å². The number of hydrogen-bond donors (Lipinski definition) is 2. The van der Waals surface area contributed by atoms with Gasteiger partial charge in [-0.25, -0.2) is 0 Å². The molecule has 2 N–H and O–H groups in total. The Morgan fingerprint density at radius 3 is 2.71 bits per heavy atom. The van der Waals surface area contributed by atoms with Gasteiger partial charge in [0, 0.05) is 6.07 Å². The Morgan fingerprint density at radius 2 is 2.36 bits per heavy atom. The van der Waals surface area contributed by atoms with Gasteiger partial charge in [-0.3, -0.25) is 4.79 Å². The van der Waals surface area contributed by atoms with E-state index in [1.807, 2.05) is 0 Å². The van der Waals surface area contributed by atoms with E-state index in [0.717, 1.165) is 0 Å². The quantitative estimate of drug-likeness (QED) is 0.719. The molecule has 0 aliphatic heterocycles. The smallest absolute Gasteiger partial charge is 0.317 e. The molecule has 1 aliphatic rings. The van der Waals surface area contributed by atoms with E-state index < -0.39 is 17.5 Å². The molecule has 1 aliphatic carbocycles. The van der Waals surface area contributed by atoms with Crippen LogP contribution in [0.15, 0.2) is 10.6 Å². The first-order valence-corrected chi connectivity index (χ1v) is 4.40. The second-order valence-electron chi connectivity index (χ2n) is 3.78. The van der Waals surface area contributed by atoms with Crippen LogP contribution in [0.1, 0.15) is 24.3 Å². The van der Waals surface area contributed by atoms with Crippen LogP contribution in [0.3, 0.4) is 0 Å². The lowest BCUT2D eigenvalue weighted by Gasteiger charge is -2.39. The van der Waals surface area contributed by atoms with Crippen LogP contribution in [0.5, 0.6) is 0 Å². The van der Waals surface area contributed by atoms with Crippen LogP contribution in [0.25, 0.3) is 0 Å². The van der Waals surface area contributed by atoms with E-state index in [1.165, 1.54) is 0 Å². The van der Waals surface area contributed by atoms with Crippen molar-refractivity contribution in [3.05, 3.63) is 17.5 Å². The second-order valence-corrected chi connectivity index (χ2v) is 3.78. The average molecular weight is 197 g/mol. The van der Waals surface area contributed by atoms with Gasteiger partial charge in [0.2, 0.25) is 0 Å². The van der Waals surface area contributed by atoms with Gasteiger partial charge in [0.25, 0.3) is 0 Å². The summed E-state index contributed by atoms with van der Waals surface area (Å²) in [4.78, 5) is 11.1. The first-order valence-electron chi connectivity index (χ1n) is 4.40. The number of carboxylic acid groups (broad SMARTS) is 1. The molecule has 76 valence electrons. The topological polar surface area (TPSA) is 83.6 Å². The number of aliphatic carboxylic acids is 1. The molecule has 14 heavy (non-hydrogen) atoms. The molecule has 0 atom stereocenters. The van der Waals surface area contributed by atoms with Gasteiger partial charge in [-0.05, 0) is 19.8 Å². The predicted octanol–water partition coefficient (Wildman–Crippen LogP) is 0.460. The Morgan fingerprint density at radius 1 is 1.71 bits per heavy atom. The lowest BCUT2D eigenvalue weighted by Crippen LogP contribution is -2.50. The zero-order valence-electron chi connectivity index (χ0n) is 7.73. The number of aromatic nitrogens is 1. The molecule has 0 spiro atoms. The first kappa shape index (κ1) is 9.21. The molecule has 0 unspecified atom stereocenters. The predicted molar refractivity (Wildman–Crippen MR) is 45.8 cm³/mol. The molecule has 0 radical (unpaired) electrons. The number of aliphatic hydroxyl groups is 1. The summed E-state index contributed by atoms with van der Waals surface area (Å²) in [5.41, 5.74) is -0.400. The largest absolute Gasteiger partial charge is 0.480 e. The molecule has 1 heterocycles. The number of nitrogens with zero attached hydrogens (tertiary/aromatic N) is 1. The van der Waals surface area contributed by atoms with Gasteiger partial charge >= 0.3 is 5.97 Å². The normalized spacial score (nSPS) is 31.1. The van der Waals surface area contributed by atoms with Crippen molar-refractivity contribution in [2.75, 3.05) is 0 Å². The molecular formula is C9H11NO4. The number of carbonyl (C=O) groups is 1. The third-order valence-corrected chi connectivity index (χ3v) is 2.68. The number of hydrogen-bond acceptors (Lipinski definition) is 4. The van der Waals surface area contributed by atoms with Gasteiger partial charge in [-0.2, -0.15) is 0 Å². The third-order valence-electron chi connectivity index (χ3n) is 2.68. The minimum atomic E-state index is -1.05. The van der Waals surface area contributed by atoms with Crippen molar-refractivity contribution < 1.29 is 19.5 Å². The highest BCUT2D eigenvalue weighted by molar-refractivity contribution is 5.82. The molecule has 5 nitrogen and oxygen atoms in total. The molecule has 1 fully saturated rings. The van der Waals surface area contributed by atoms with Crippen LogP contribution >= 0.6 is 0 Å². The summed E-state index contributed by atoms with van der Waals surface area (Å²) in [6, 6.07) is 1.61. The summed E-state index contributed by atoms with van der Waals surface area (Å²) in [5, 5.41) is 21.9. The summed E-state index contributed by atoms with van der Waals surface area (Å²) in [6.07, 6.45) is -0.134. The van der Waals surface area contributed by atoms with E-state index in [2.05, 4.69) is 5.16 Å². The minimum Gasteiger partial charge on any atom is -0.480 e. The van der Waals surface area contributed by atoms with Crippen molar-refractivity contribution >= 4 is 5.97 Å². The van der Waals surface area contributed by atoms with Crippen LogP contribution < -0.4 is 0 Å². The summed E-state index contributed by atoms with van der Waals surface area (Å²) >= 11 is 0. The molecule has 0 bridgehead atoms. The average Bonchev–Trinajstić information content (AvgIpc) is 2.45. The summed E-state index contributed by atoms with van der Waals surface area (Å²) < 4.78 is 4.94. The highest BCUT2D eigenvalue weighted by atomic mass is 16.5. The molecule has 1 saturated carbocycles. The van der Waals surface area contributed by atoms with Crippen LogP contribution in [0, 0.1) is 6.92 Å². The molecule has 0 aromatic carbocycles. The molecule has 1 aromatic rings. The fourth-order valence-electron chi connectivity index (χ4n) is 1.81. The molecule has 5 heteroatoms. The van der Waals surface area contributed by atoms with Crippen LogP contribution in [0.2, 0.25) is 0 Å². The Kier molecular flexibility index (Phi) is 1.85. The highest BCUT2D eigenvalue weighted by Gasteiger charge is 2.54. The van der Waals surface area contributed by atoms with Crippen LogP contribution in [-0.2, 0) is 10.2 Å². The van der Waals surface area contributed by atoms with Crippen LogP contribution in [0.4, 0.5) is 0 Å². The van der Waals surface area contributed by atoms with E-state index in [-0.39, 0.29) is 12.8 Å². The Bertz CT molecular complexity index is 365.